The van der Waals surface area contributed by atoms with Crippen LogP contribution in [-0.4, -0.2) is 45.6 Å². The monoisotopic (exact) mass is 571 g/mol. The molecule has 2 heterocycles. The number of amides is 2. The number of nitrogens with one attached hydrogen (secondary N) is 1. The van der Waals surface area contributed by atoms with Gasteiger partial charge in [-0.3, -0.25) is 24.2 Å². The minimum absolute atomic E-state index is 0.0352. The van der Waals surface area contributed by atoms with Crippen molar-refractivity contribution in [3.8, 4) is 22.9 Å². The van der Waals surface area contributed by atoms with Crippen molar-refractivity contribution in [2.75, 3.05) is 24.4 Å². The Labute approximate surface area is 238 Å². The minimum atomic E-state index is -1.37. The zero-order valence-electron chi connectivity index (χ0n) is 22.9. The lowest BCUT2D eigenvalue weighted by atomic mass is 10.2. The molecule has 5 aromatic rings. The summed E-state index contributed by atoms with van der Waals surface area (Å²) in [6.45, 7) is 1.90. The van der Waals surface area contributed by atoms with E-state index in [1.54, 1.807) is 68.6 Å². The first-order chi connectivity index (χ1) is 20.2. The van der Waals surface area contributed by atoms with Crippen molar-refractivity contribution in [2.24, 2.45) is 0 Å². The lowest BCUT2D eigenvalue weighted by molar-refractivity contribution is 0.102. The van der Waals surface area contributed by atoms with E-state index in [0.717, 1.165) is 11.0 Å². The zero-order valence-corrected chi connectivity index (χ0v) is 22.9. The standard InChI is InChI=1S/C30H26FN5O6/c1-4-35-28(34(2)30(39)40)26(29(38)36(35)19-8-6-5-7-9-19)27(37)33-18-10-13-25(22(31)16-18)42-24-14-15-32-23-17-20(41-3)11-12-21(23)24/h5-17H,4H2,1-3H3,(H,33,37)(H,39,40). The van der Waals surface area contributed by atoms with Gasteiger partial charge in [-0.05, 0) is 49.4 Å². The van der Waals surface area contributed by atoms with Gasteiger partial charge in [0.1, 0.15) is 17.1 Å². The van der Waals surface area contributed by atoms with Crippen LogP contribution in [0.25, 0.3) is 16.6 Å². The van der Waals surface area contributed by atoms with E-state index in [9.17, 15) is 19.5 Å². The number of anilines is 2. The van der Waals surface area contributed by atoms with Crippen LogP contribution in [-0.2, 0) is 6.54 Å². The Morgan fingerprint density at radius 1 is 1.05 bits per heavy atom. The van der Waals surface area contributed by atoms with Gasteiger partial charge in [-0.1, -0.05) is 18.2 Å². The maximum Gasteiger partial charge on any atom is 0.412 e. The van der Waals surface area contributed by atoms with E-state index in [4.69, 9.17) is 9.47 Å². The number of nitrogens with zero attached hydrogens (tertiary/aromatic N) is 4. The summed E-state index contributed by atoms with van der Waals surface area (Å²) in [4.78, 5) is 44.0. The summed E-state index contributed by atoms with van der Waals surface area (Å²) >= 11 is 0. The SMILES string of the molecule is CCn1c(N(C)C(=O)O)c(C(=O)Nc2ccc(Oc3ccnc4cc(OC)ccc34)c(F)c2)c(=O)n1-c1ccccc1. The second-order valence-electron chi connectivity index (χ2n) is 9.10. The third kappa shape index (κ3) is 5.12. The molecule has 0 saturated carbocycles. The van der Waals surface area contributed by atoms with Crippen LogP contribution in [0.4, 0.5) is 20.7 Å². The average Bonchev–Trinajstić information content (AvgIpc) is 3.30. The molecule has 0 saturated heterocycles. The van der Waals surface area contributed by atoms with Crippen molar-refractivity contribution in [2.45, 2.75) is 13.5 Å². The van der Waals surface area contributed by atoms with E-state index >= 15 is 4.39 Å². The molecule has 2 aromatic heterocycles. The number of aromatic nitrogens is 3. The number of ether oxygens (including phenoxy) is 2. The Morgan fingerprint density at radius 2 is 1.81 bits per heavy atom. The van der Waals surface area contributed by atoms with Crippen molar-refractivity contribution in [3.63, 3.8) is 0 Å². The first-order valence-corrected chi connectivity index (χ1v) is 12.8. The third-order valence-electron chi connectivity index (χ3n) is 6.57. The van der Waals surface area contributed by atoms with Gasteiger partial charge >= 0.3 is 6.09 Å². The maximum atomic E-state index is 15.2. The van der Waals surface area contributed by atoms with Gasteiger partial charge in [0.05, 0.1) is 18.3 Å². The second kappa shape index (κ2) is 11.5. The topological polar surface area (TPSA) is 128 Å². The lowest BCUT2D eigenvalue weighted by Gasteiger charge is -2.18. The molecule has 0 aliphatic heterocycles. The molecule has 3 aromatic carbocycles. The van der Waals surface area contributed by atoms with Crippen LogP contribution in [0.5, 0.6) is 17.2 Å². The fourth-order valence-electron chi connectivity index (χ4n) is 4.57. The van der Waals surface area contributed by atoms with Crippen LogP contribution < -0.4 is 25.2 Å². The van der Waals surface area contributed by atoms with Gasteiger partial charge in [-0.2, -0.15) is 0 Å². The van der Waals surface area contributed by atoms with Crippen molar-refractivity contribution in [1.29, 1.82) is 0 Å². The highest BCUT2D eigenvalue weighted by Crippen LogP contribution is 2.33. The molecule has 5 rings (SSSR count). The third-order valence-corrected chi connectivity index (χ3v) is 6.57. The molecule has 0 spiro atoms. The van der Waals surface area contributed by atoms with Gasteiger partial charge in [-0.25, -0.2) is 13.9 Å². The number of rotatable bonds is 8. The molecular formula is C30H26FN5O6. The molecule has 0 aliphatic carbocycles. The maximum absolute atomic E-state index is 15.2. The summed E-state index contributed by atoms with van der Waals surface area (Å²) in [5, 5.41) is 12.9. The number of methoxy groups -OCH3 is 1. The van der Waals surface area contributed by atoms with Crippen LogP contribution in [0.3, 0.4) is 0 Å². The largest absolute Gasteiger partial charge is 0.497 e. The van der Waals surface area contributed by atoms with E-state index < -0.39 is 28.9 Å². The van der Waals surface area contributed by atoms with Crippen molar-refractivity contribution in [1.82, 2.24) is 14.3 Å². The van der Waals surface area contributed by atoms with Crippen LogP contribution in [0.1, 0.15) is 17.3 Å². The minimum Gasteiger partial charge on any atom is -0.497 e. The quantitative estimate of drug-likeness (QED) is 0.251. The predicted molar refractivity (Wildman–Crippen MR) is 155 cm³/mol. The Balaban J connectivity index is 1.48. The highest BCUT2D eigenvalue weighted by atomic mass is 19.1. The van der Waals surface area contributed by atoms with Crippen LogP contribution in [0, 0.1) is 5.82 Å². The van der Waals surface area contributed by atoms with Gasteiger partial charge in [0.2, 0.25) is 0 Å². The molecule has 0 unspecified atom stereocenters. The Bertz CT molecular complexity index is 1870. The van der Waals surface area contributed by atoms with Crippen molar-refractivity contribution in [3.05, 3.63) is 101 Å². The molecule has 12 heteroatoms. The van der Waals surface area contributed by atoms with Gasteiger partial charge in [0.15, 0.2) is 17.4 Å². The lowest BCUT2D eigenvalue weighted by Crippen LogP contribution is -2.30. The van der Waals surface area contributed by atoms with Crippen LogP contribution in [0.2, 0.25) is 0 Å². The fourth-order valence-corrected chi connectivity index (χ4v) is 4.57. The Morgan fingerprint density at radius 3 is 2.48 bits per heavy atom. The van der Waals surface area contributed by atoms with Gasteiger partial charge in [0, 0.05) is 43.0 Å². The smallest absolute Gasteiger partial charge is 0.412 e. The summed E-state index contributed by atoms with van der Waals surface area (Å²) in [6.07, 6.45) is 0.158. The summed E-state index contributed by atoms with van der Waals surface area (Å²) in [7, 11) is 2.78. The van der Waals surface area contributed by atoms with Crippen molar-refractivity contribution < 1.29 is 28.6 Å². The highest BCUT2D eigenvalue weighted by Gasteiger charge is 2.30. The molecule has 2 N–H and O–H groups in total. The first kappa shape index (κ1) is 27.9. The highest BCUT2D eigenvalue weighted by molar-refractivity contribution is 6.09. The normalized spacial score (nSPS) is 10.9. The van der Waals surface area contributed by atoms with Gasteiger partial charge in [-0.15, -0.1) is 0 Å². The zero-order chi connectivity index (χ0) is 30.0. The molecule has 0 bridgehead atoms. The molecule has 11 nitrogen and oxygen atoms in total. The number of hydrogen-bond donors (Lipinski definition) is 2. The molecule has 0 fully saturated rings. The molecule has 0 aliphatic rings. The molecular weight excluding hydrogens is 545 g/mol. The number of benzene rings is 3. The number of hydrogen-bond acceptors (Lipinski definition) is 6. The molecule has 214 valence electrons. The molecule has 0 atom stereocenters. The summed E-state index contributed by atoms with van der Waals surface area (Å²) in [6, 6.07) is 19.1. The number of fused-ring (bicyclic) bond motifs is 1. The molecule has 0 radical (unpaired) electrons. The number of para-hydroxylation sites is 1. The van der Waals surface area contributed by atoms with E-state index in [0.29, 0.717) is 28.1 Å². The average molecular weight is 572 g/mol. The van der Waals surface area contributed by atoms with Crippen molar-refractivity contribution >= 4 is 34.4 Å². The number of pyridine rings is 1. The Hall–Kier alpha value is -5.65. The number of carbonyl (C=O) groups excluding carboxylic acids is 1. The van der Waals surface area contributed by atoms with E-state index in [1.807, 2.05) is 0 Å². The molecule has 42 heavy (non-hydrogen) atoms. The van der Waals surface area contributed by atoms with Gasteiger partial charge in [0.25, 0.3) is 11.5 Å². The van der Waals surface area contributed by atoms with E-state index in [-0.39, 0.29) is 23.8 Å². The van der Waals surface area contributed by atoms with Crippen LogP contribution in [0.15, 0.2) is 83.8 Å². The van der Waals surface area contributed by atoms with Crippen LogP contribution >= 0.6 is 0 Å². The Kier molecular flexibility index (Phi) is 7.61. The fraction of sp³-hybridized carbons (Fsp3) is 0.133. The van der Waals surface area contributed by atoms with E-state index in [2.05, 4.69) is 10.3 Å². The molecule has 2 amide bonds. The first-order valence-electron chi connectivity index (χ1n) is 12.8. The summed E-state index contributed by atoms with van der Waals surface area (Å²) in [5.41, 5.74) is -0.0696. The number of carbonyl (C=O) groups is 2. The number of halogens is 1. The second-order valence-corrected chi connectivity index (χ2v) is 9.10. The van der Waals surface area contributed by atoms with Gasteiger partial charge < -0.3 is 19.9 Å². The van der Waals surface area contributed by atoms with E-state index in [1.165, 1.54) is 34.7 Å². The summed E-state index contributed by atoms with van der Waals surface area (Å²) in [5.74, 6) is -0.934. The summed E-state index contributed by atoms with van der Waals surface area (Å²) < 4.78 is 28.8. The number of carboxylic acid groups (broad SMARTS) is 1. The predicted octanol–water partition coefficient (Wildman–Crippen LogP) is 5.51.